The average molecular weight is 836 g/mol. The highest BCUT2D eigenvalue weighted by Gasteiger charge is 2.26. The summed E-state index contributed by atoms with van der Waals surface area (Å²) in [6.45, 7) is 3.42. The van der Waals surface area contributed by atoms with E-state index in [4.69, 9.17) is 24.3 Å². The summed E-state index contributed by atoms with van der Waals surface area (Å²) in [5.41, 5.74) is 5.34. The quantitative estimate of drug-likeness (QED) is 0.0178. The van der Waals surface area contributed by atoms with E-state index >= 15 is 0 Å². The molecule has 11 heteroatoms. The molecule has 2 unspecified atom stereocenters. The first-order valence-corrected chi connectivity index (χ1v) is 24.0. The molecule has 0 aromatic carbocycles. The highest BCUT2D eigenvalue weighted by atomic mass is 31.2. The lowest BCUT2D eigenvalue weighted by Crippen LogP contribution is -2.29. The number of hydrogen-bond donors (Lipinski definition) is 3. The summed E-state index contributed by atoms with van der Waals surface area (Å²) < 4.78 is 32.7. The SMILES string of the molecule is CC/C=C\C/C=C\C/C=C\C/C=C\C=C/C(O)C/C=C\CCC(=O)OC[C@H](COP(=O)(O)OCCN)OC(=O)CCCCCCCCCCCCCCCCCCC. The third-order valence-electron chi connectivity index (χ3n) is 9.20. The Morgan fingerprint density at radius 1 is 0.621 bits per heavy atom. The summed E-state index contributed by atoms with van der Waals surface area (Å²) in [6, 6.07) is 0. The van der Waals surface area contributed by atoms with Crippen molar-refractivity contribution in [3.8, 4) is 0 Å². The van der Waals surface area contributed by atoms with Gasteiger partial charge in [0.1, 0.15) is 6.61 Å². The molecule has 0 aliphatic carbocycles. The minimum Gasteiger partial charge on any atom is -0.462 e. The molecule has 10 nitrogen and oxygen atoms in total. The van der Waals surface area contributed by atoms with E-state index in [1.165, 1.54) is 83.5 Å². The van der Waals surface area contributed by atoms with Crippen molar-refractivity contribution in [2.45, 2.75) is 187 Å². The van der Waals surface area contributed by atoms with Crippen molar-refractivity contribution >= 4 is 19.8 Å². The van der Waals surface area contributed by atoms with Gasteiger partial charge in [-0.05, 0) is 44.9 Å². The van der Waals surface area contributed by atoms with E-state index in [1.54, 1.807) is 18.2 Å². The number of carbonyl (C=O) groups is 2. The normalized spacial score (nSPS) is 14.5. The molecule has 0 fully saturated rings. The molecule has 0 amide bonds. The summed E-state index contributed by atoms with van der Waals surface area (Å²) in [7, 11) is -4.42. The Hall–Kier alpha value is -2.59. The first-order chi connectivity index (χ1) is 28.2. The summed E-state index contributed by atoms with van der Waals surface area (Å²) in [4.78, 5) is 34.9. The van der Waals surface area contributed by atoms with E-state index in [-0.39, 0.29) is 32.6 Å². The Morgan fingerprint density at radius 2 is 1.16 bits per heavy atom. The molecule has 0 radical (unpaired) electrons. The van der Waals surface area contributed by atoms with Crippen LogP contribution in [0.15, 0.2) is 72.9 Å². The Morgan fingerprint density at radius 3 is 1.71 bits per heavy atom. The number of esters is 2. The van der Waals surface area contributed by atoms with E-state index in [1.807, 2.05) is 18.2 Å². The zero-order valence-electron chi connectivity index (χ0n) is 36.4. The molecular weight excluding hydrogens is 753 g/mol. The number of ether oxygens (including phenoxy) is 2. The molecule has 0 aromatic rings. The van der Waals surface area contributed by atoms with E-state index in [0.29, 0.717) is 19.3 Å². The smallest absolute Gasteiger partial charge is 0.462 e. The third kappa shape index (κ3) is 41.6. The summed E-state index contributed by atoms with van der Waals surface area (Å²) in [6.07, 6.45) is 48.2. The van der Waals surface area contributed by atoms with Crippen LogP contribution in [0, 0.1) is 0 Å². The second-order valence-electron chi connectivity index (χ2n) is 14.7. The van der Waals surface area contributed by atoms with Crippen LogP contribution in [-0.2, 0) is 32.7 Å². The number of carbonyl (C=O) groups excluding carboxylic acids is 2. The third-order valence-corrected chi connectivity index (χ3v) is 10.2. The van der Waals surface area contributed by atoms with Gasteiger partial charge in [0.15, 0.2) is 6.10 Å². The van der Waals surface area contributed by atoms with Gasteiger partial charge in [-0.25, -0.2) is 4.57 Å². The number of hydrogen-bond acceptors (Lipinski definition) is 9. The lowest BCUT2D eigenvalue weighted by atomic mass is 10.0. The van der Waals surface area contributed by atoms with Gasteiger partial charge in [0.2, 0.25) is 0 Å². The number of phosphoric ester groups is 1. The predicted octanol–water partition coefficient (Wildman–Crippen LogP) is 12.0. The van der Waals surface area contributed by atoms with Crippen LogP contribution in [0.4, 0.5) is 0 Å². The molecule has 0 saturated carbocycles. The molecule has 0 spiro atoms. The van der Waals surface area contributed by atoms with Crippen LogP contribution < -0.4 is 5.73 Å². The number of rotatable bonds is 41. The van der Waals surface area contributed by atoms with Gasteiger partial charge < -0.3 is 25.2 Å². The Bertz CT molecular complexity index is 1200. The van der Waals surface area contributed by atoms with Gasteiger partial charge in [0.05, 0.1) is 19.3 Å². The average Bonchev–Trinajstić information content (AvgIpc) is 3.20. The maximum Gasteiger partial charge on any atom is 0.472 e. The Kier molecular flexibility index (Phi) is 40.6. The van der Waals surface area contributed by atoms with Gasteiger partial charge in [-0.15, -0.1) is 0 Å². The van der Waals surface area contributed by atoms with Crippen LogP contribution in [-0.4, -0.2) is 60.5 Å². The fourth-order valence-corrected chi connectivity index (χ4v) is 6.63. The van der Waals surface area contributed by atoms with E-state index in [9.17, 15) is 24.2 Å². The largest absolute Gasteiger partial charge is 0.472 e. The van der Waals surface area contributed by atoms with Gasteiger partial charge in [-0.2, -0.15) is 0 Å². The molecule has 0 aliphatic rings. The Labute approximate surface area is 353 Å². The summed E-state index contributed by atoms with van der Waals surface area (Å²) in [5, 5.41) is 10.2. The van der Waals surface area contributed by atoms with E-state index in [2.05, 4.69) is 50.3 Å². The molecule has 0 bridgehead atoms. The number of phosphoric acid groups is 1. The van der Waals surface area contributed by atoms with Gasteiger partial charge in [0.25, 0.3) is 0 Å². The van der Waals surface area contributed by atoms with Crippen LogP contribution in [0.25, 0.3) is 0 Å². The second-order valence-corrected chi connectivity index (χ2v) is 16.2. The fraction of sp³-hybridized carbons (Fsp3) is 0.702. The number of aliphatic hydroxyl groups excluding tert-OH is 1. The van der Waals surface area contributed by atoms with Crippen LogP contribution in [0.1, 0.15) is 174 Å². The Balaban J connectivity index is 4.34. The standard InChI is InChI=1S/C47H82NO9P/c1-3-5-7-9-11-13-15-17-18-19-20-22-24-26-28-30-34-39-47(51)57-45(43-56-58(52,53)55-41-40-48)42-54-46(50)38-35-31-33-37-44(49)36-32-29-27-25-23-21-16-14-12-10-8-6-4-2/h6,8,12,14,21,23,27,29,31-33,36,44-45,49H,3-5,7,9-11,13,15-20,22,24-26,28,30,34-35,37-43,48H2,1-2H3,(H,52,53)/b8-6-,14-12-,23-21-,29-27-,33-31-,36-32-/t44?,45-/m1/s1. The second kappa shape index (κ2) is 42.5. The highest BCUT2D eigenvalue weighted by molar-refractivity contribution is 7.47. The first kappa shape index (κ1) is 55.4. The van der Waals surface area contributed by atoms with Crippen LogP contribution in [0.5, 0.6) is 0 Å². The highest BCUT2D eigenvalue weighted by Crippen LogP contribution is 2.43. The molecule has 0 aliphatic heterocycles. The van der Waals surface area contributed by atoms with Crippen molar-refractivity contribution < 1.29 is 42.7 Å². The predicted molar refractivity (Wildman–Crippen MR) is 239 cm³/mol. The lowest BCUT2D eigenvalue weighted by molar-refractivity contribution is -0.161. The molecule has 4 N–H and O–H groups in total. The van der Waals surface area contributed by atoms with Crippen LogP contribution in [0.3, 0.4) is 0 Å². The summed E-state index contributed by atoms with van der Waals surface area (Å²) in [5.74, 6) is -1.01. The molecule has 0 rings (SSSR count). The van der Waals surface area contributed by atoms with Crippen molar-refractivity contribution in [3.63, 3.8) is 0 Å². The maximum atomic E-state index is 12.6. The van der Waals surface area contributed by atoms with Gasteiger partial charge in [-0.1, -0.05) is 189 Å². The number of aliphatic hydroxyl groups is 1. The van der Waals surface area contributed by atoms with Crippen molar-refractivity contribution in [3.05, 3.63) is 72.9 Å². The number of unbranched alkanes of at least 4 members (excludes halogenated alkanes) is 16. The van der Waals surface area contributed by atoms with Gasteiger partial charge in [-0.3, -0.25) is 18.6 Å². The molecular formula is C47H82NO9P. The topological polar surface area (TPSA) is 155 Å². The number of nitrogens with two attached hydrogens (primary N) is 1. The first-order valence-electron chi connectivity index (χ1n) is 22.5. The molecule has 3 atom stereocenters. The van der Waals surface area contributed by atoms with Crippen LogP contribution >= 0.6 is 7.82 Å². The van der Waals surface area contributed by atoms with Gasteiger partial charge in [0, 0.05) is 19.4 Å². The monoisotopic (exact) mass is 836 g/mol. The minimum absolute atomic E-state index is 0.0272. The molecule has 0 aromatic heterocycles. The molecule has 0 saturated heterocycles. The zero-order valence-corrected chi connectivity index (χ0v) is 37.3. The minimum atomic E-state index is -4.42. The molecule has 58 heavy (non-hydrogen) atoms. The lowest BCUT2D eigenvalue weighted by Gasteiger charge is -2.19. The van der Waals surface area contributed by atoms with Crippen molar-refractivity contribution in [1.29, 1.82) is 0 Å². The number of allylic oxidation sites excluding steroid dienone is 10. The molecule has 0 heterocycles. The van der Waals surface area contributed by atoms with Crippen molar-refractivity contribution in [2.75, 3.05) is 26.4 Å². The van der Waals surface area contributed by atoms with Crippen molar-refractivity contribution in [1.82, 2.24) is 0 Å². The fourth-order valence-electron chi connectivity index (χ4n) is 5.86. The van der Waals surface area contributed by atoms with Crippen molar-refractivity contribution in [2.24, 2.45) is 5.73 Å². The van der Waals surface area contributed by atoms with Crippen LogP contribution in [0.2, 0.25) is 0 Å². The molecule has 334 valence electrons. The van der Waals surface area contributed by atoms with Gasteiger partial charge >= 0.3 is 19.8 Å². The van der Waals surface area contributed by atoms with E-state index < -0.39 is 38.6 Å². The zero-order chi connectivity index (χ0) is 42.6. The maximum absolute atomic E-state index is 12.6. The summed E-state index contributed by atoms with van der Waals surface area (Å²) >= 11 is 0. The van der Waals surface area contributed by atoms with E-state index in [0.717, 1.165) is 44.9 Å².